The molecule has 1 aromatic carbocycles. The summed E-state index contributed by atoms with van der Waals surface area (Å²) in [5.74, 6) is 0.483. The van der Waals surface area contributed by atoms with Crippen LogP contribution in [-0.4, -0.2) is 38.6 Å². The van der Waals surface area contributed by atoms with E-state index in [1.807, 2.05) is 40.8 Å². The minimum absolute atomic E-state index is 0.436. The Labute approximate surface area is 149 Å². The van der Waals surface area contributed by atoms with Crippen LogP contribution in [0.4, 0.5) is 5.82 Å². The molecule has 9 heteroatoms. The number of rotatable bonds is 3. The lowest BCUT2D eigenvalue weighted by atomic mass is 9.78. The topological polar surface area (TPSA) is 65.4 Å². The first kappa shape index (κ1) is 17.7. The third-order valence-electron chi connectivity index (χ3n) is 4.72. The number of benzene rings is 1. The van der Waals surface area contributed by atoms with Crippen molar-refractivity contribution in [2.45, 2.75) is 38.9 Å². The lowest BCUT2D eigenvalue weighted by Crippen LogP contribution is -2.41. The molecule has 0 saturated carbocycles. The Balaban J connectivity index is 2.16. The van der Waals surface area contributed by atoms with Gasteiger partial charge in [-0.15, -0.1) is 0 Å². The van der Waals surface area contributed by atoms with Crippen molar-refractivity contribution in [3.05, 3.63) is 17.2 Å². The van der Waals surface area contributed by atoms with Gasteiger partial charge in [-0.25, -0.2) is 4.21 Å². The van der Waals surface area contributed by atoms with Crippen molar-refractivity contribution in [2.24, 2.45) is 7.05 Å². The molecule has 24 heavy (non-hydrogen) atoms. The fourth-order valence-electron chi connectivity index (χ4n) is 2.77. The molecule has 1 unspecified atom stereocenters. The van der Waals surface area contributed by atoms with Crippen LogP contribution in [0.2, 0.25) is 5.02 Å². The molecular formula is C15H21BClN3O3S. The molecule has 2 heterocycles. The van der Waals surface area contributed by atoms with Crippen LogP contribution in [-0.2, 0) is 27.3 Å². The molecule has 1 saturated heterocycles. The van der Waals surface area contributed by atoms with E-state index in [1.165, 1.54) is 0 Å². The summed E-state index contributed by atoms with van der Waals surface area (Å²) in [5.41, 5.74) is 0.773. The largest absolute Gasteiger partial charge is 0.497 e. The molecule has 0 aliphatic carbocycles. The average molecular weight is 370 g/mol. The molecule has 0 radical (unpaired) electrons. The third kappa shape index (κ3) is 2.75. The van der Waals surface area contributed by atoms with Crippen LogP contribution in [0.5, 0.6) is 0 Å². The number of anilines is 1. The number of hydrogen-bond acceptors (Lipinski definition) is 4. The first-order valence-corrected chi connectivity index (χ1v) is 9.58. The van der Waals surface area contributed by atoms with Crippen molar-refractivity contribution in [2.75, 3.05) is 11.0 Å². The zero-order chi connectivity index (χ0) is 17.9. The smallest absolute Gasteiger partial charge is 0.399 e. The van der Waals surface area contributed by atoms with Gasteiger partial charge >= 0.3 is 7.12 Å². The molecule has 1 fully saturated rings. The van der Waals surface area contributed by atoms with E-state index < -0.39 is 29.3 Å². The van der Waals surface area contributed by atoms with E-state index in [1.54, 1.807) is 17.0 Å². The van der Waals surface area contributed by atoms with Crippen molar-refractivity contribution >= 4 is 51.9 Å². The summed E-state index contributed by atoms with van der Waals surface area (Å²) < 4.78 is 28.4. The van der Waals surface area contributed by atoms with Crippen LogP contribution in [0.3, 0.4) is 0 Å². The molecule has 1 aliphatic rings. The van der Waals surface area contributed by atoms with Gasteiger partial charge < -0.3 is 9.31 Å². The molecule has 1 aromatic heterocycles. The molecule has 0 spiro atoms. The summed E-state index contributed by atoms with van der Waals surface area (Å²) in [6.45, 7) is 8.04. The molecule has 1 N–H and O–H groups in total. The highest BCUT2D eigenvalue weighted by molar-refractivity contribution is 7.85. The molecule has 1 atom stereocenters. The Morgan fingerprint density at radius 1 is 1.25 bits per heavy atom. The maximum atomic E-state index is 11.5. The molecule has 0 bridgehead atoms. The van der Waals surface area contributed by atoms with Crippen LogP contribution >= 0.6 is 11.6 Å². The van der Waals surface area contributed by atoms with Gasteiger partial charge in [0, 0.05) is 18.8 Å². The van der Waals surface area contributed by atoms with Crippen LogP contribution < -0.4 is 10.2 Å². The molecule has 1 aliphatic heterocycles. The normalized spacial score (nSPS) is 20.5. The fourth-order valence-corrected chi connectivity index (χ4v) is 3.43. The molecule has 6 nitrogen and oxygen atoms in total. The first-order chi connectivity index (χ1) is 11.0. The lowest BCUT2D eigenvalue weighted by Gasteiger charge is -2.32. The highest BCUT2D eigenvalue weighted by atomic mass is 35.5. The summed E-state index contributed by atoms with van der Waals surface area (Å²) in [4.78, 5) is 0. The summed E-state index contributed by atoms with van der Waals surface area (Å²) in [6.07, 6.45) is 1.55. The van der Waals surface area contributed by atoms with Gasteiger partial charge in [-0.1, -0.05) is 17.7 Å². The van der Waals surface area contributed by atoms with Crippen LogP contribution in [0.1, 0.15) is 27.7 Å². The Bertz CT molecular complexity index is 821. The summed E-state index contributed by atoms with van der Waals surface area (Å²) in [6, 6.07) is 3.68. The number of aryl methyl sites for hydroxylation is 1. The number of hydrogen-bond donors (Lipinski definition) is 1. The van der Waals surface area contributed by atoms with E-state index in [9.17, 15) is 4.21 Å². The SMILES string of the molecule is Cn1nc(NS(C)=O)c2c(Cl)ccc(B3OC(C)(C)C(C)(C)O3)c21. The highest BCUT2D eigenvalue weighted by Crippen LogP contribution is 2.38. The van der Waals surface area contributed by atoms with Gasteiger partial charge in [-0.05, 0) is 33.8 Å². The van der Waals surface area contributed by atoms with Crippen molar-refractivity contribution in [3.63, 3.8) is 0 Å². The lowest BCUT2D eigenvalue weighted by molar-refractivity contribution is 0.00578. The van der Waals surface area contributed by atoms with E-state index >= 15 is 0 Å². The van der Waals surface area contributed by atoms with Crippen molar-refractivity contribution < 1.29 is 13.5 Å². The number of halogens is 1. The highest BCUT2D eigenvalue weighted by Gasteiger charge is 2.52. The summed E-state index contributed by atoms with van der Waals surface area (Å²) in [7, 11) is 0.0456. The number of aromatic nitrogens is 2. The van der Waals surface area contributed by atoms with E-state index in [2.05, 4.69) is 9.82 Å². The van der Waals surface area contributed by atoms with Gasteiger partial charge in [0.25, 0.3) is 0 Å². The second-order valence-corrected chi connectivity index (χ2v) is 8.50. The van der Waals surface area contributed by atoms with Gasteiger partial charge in [0.15, 0.2) is 5.82 Å². The molecule has 3 rings (SSSR count). The quantitative estimate of drug-likeness (QED) is 0.843. The monoisotopic (exact) mass is 369 g/mol. The van der Waals surface area contributed by atoms with Gasteiger partial charge in [0.05, 0.1) is 27.1 Å². The summed E-state index contributed by atoms with van der Waals surface area (Å²) in [5, 5.41) is 5.66. The van der Waals surface area contributed by atoms with Crippen molar-refractivity contribution in [1.82, 2.24) is 9.78 Å². The fraction of sp³-hybridized carbons (Fsp3) is 0.533. The maximum absolute atomic E-state index is 11.5. The van der Waals surface area contributed by atoms with Crippen LogP contribution in [0.15, 0.2) is 12.1 Å². The zero-order valence-corrected chi connectivity index (χ0v) is 16.2. The standard InChI is InChI=1S/C15H21BClN3O3S/c1-14(2)15(3,4)23-16(22-14)9-7-8-10(17)11-12(9)20(5)18-13(11)19-24(6)21/h7-8H,1-6H3,(H,18,19). The Kier molecular flexibility index (Phi) is 4.23. The van der Waals surface area contributed by atoms with Gasteiger partial charge in [-0.2, -0.15) is 5.10 Å². The number of nitrogens with one attached hydrogen (secondary N) is 1. The van der Waals surface area contributed by atoms with Crippen molar-refractivity contribution in [1.29, 1.82) is 0 Å². The first-order valence-electron chi connectivity index (χ1n) is 7.64. The molecular weight excluding hydrogens is 349 g/mol. The minimum Gasteiger partial charge on any atom is -0.399 e. The van der Waals surface area contributed by atoms with E-state index in [-0.39, 0.29) is 0 Å². The number of nitrogens with zero attached hydrogens (tertiary/aromatic N) is 2. The van der Waals surface area contributed by atoms with E-state index in [0.717, 1.165) is 11.0 Å². The molecule has 2 aromatic rings. The van der Waals surface area contributed by atoms with Crippen molar-refractivity contribution in [3.8, 4) is 0 Å². The molecule has 130 valence electrons. The van der Waals surface area contributed by atoms with Gasteiger partial charge in [-0.3, -0.25) is 9.40 Å². The Morgan fingerprint density at radius 2 is 1.83 bits per heavy atom. The van der Waals surface area contributed by atoms with E-state index in [0.29, 0.717) is 16.2 Å². The van der Waals surface area contributed by atoms with Gasteiger partial charge in [0.1, 0.15) is 11.0 Å². The van der Waals surface area contributed by atoms with Gasteiger partial charge in [0.2, 0.25) is 0 Å². The Morgan fingerprint density at radius 3 is 2.38 bits per heavy atom. The summed E-state index contributed by atoms with van der Waals surface area (Å²) >= 11 is 6.38. The predicted molar refractivity (Wildman–Crippen MR) is 99.1 cm³/mol. The maximum Gasteiger partial charge on any atom is 0.497 e. The molecule has 0 amide bonds. The van der Waals surface area contributed by atoms with Crippen LogP contribution in [0, 0.1) is 0 Å². The second kappa shape index (κ2) is 5.73. The average Bonchev–Trinajstić information content (AvgIpc) is 2.85. The van der Waals surface area contributed by atoms with Crippen LogP contribution in [0.25, 0.3) is 10.9 Å². The Hall–Kier alpha value is -1.09. The third-order valence-corrected chi connectivity index (χ3v) is 5.51. The zero-order valence-electron chi connectivity index (χ0n) is 14.6. The minimum atomic E-state index is -1.25. The second-order valence-electron chi connectivity index (χ2n) is 6.98. The number of fused-ring (bicyclic) bond motifs is 1. The van der Waals surface area contributed by atoms with E-state index in [4.69, 9.17) is 20.9 Å². The predicted octanol–water partition coefficient (Wildman–Crippen LogP) is 2.23.